The molecule has 17 heavy (non-hydrogen) atoms. The Morgan fingerprint density at radius 2 is 2.24 bits per heavy atom. The molecule has 0 amide bonds. The molecule has 0 bridgehead atoms. The molecule has 0 spiro atoms. The second kappa shape index (κ2) is 5.29. The summed E-state index contributed by atoms with van der Waals surface area (Å²) in [5, 5.41) is 19.4. The largest absolute Gasteiger partial charge is 0.490 e. The van der Waals surface area contributed by atoms with E-state index >= 15 is 0 Å². The topological polar surface area (TPSA) is 89.7 Å². The summed E-state index contributed by atoms with van der Waals surface area (Å²) in [6.07, 6.45) is 0.309. The fraction of sp³-hybridized carbons (Fsp3) is 0.364. The molecule has 1 aromatic carbocycles. The molecule has 92 valence electrons. The van der Waals surface area contributed by atoms with Crippen LogP contribution in [-0.4, -0.2) is 23.1 Å². The summed E-state index contributed by atoms with van der Waals surface area (Å²) in [6, 6.07) is 4.36. The predicted octanol–water partition coefficient (Wildman–Crippen LogP) is 1.87. The second-order valence-electron chi connectivity index (χ2n) is 3.71. The quantitative estimate of drug-likeness (QED) is 0.625. The highest BCUT2D eigenvalue weighted by atomic mass is 16.6. The normalized spacial score (nSPS) is 11.9. The van der Waals surface area contributed by atoms with Gasteiger partial charge in [-0.1, -0.05) is 13.0 Å². The monoisotopic (exact) mass is 239 g/mol. The van der Waals surface area contributed by atoms with Gasteiger partial charge in [0.05, 0.1) is 18.0 Å². The molecule has 1 unspecified atom stereocenters. The number of carbonyl (C=O) groups is 1. The molecule has 0 aliphatic rings. The summed E-state index contributed by atoms with van der Waals surface area (Å²) in [6.45, 7) is 1.58. The number of carboxylic acids is 1. The van der Waals surface area contributed by atoms with Crippen molar-refractivity contribution in [2.24, 2.45) is 5.92 Å². The number of ether oxygens (including phenoxy) is 1. The van der Waals surface area contributed by atoms with Crippen molar-refractivity contribution in [1.82, 2.24) is 0 Å². The zero-order valence-corrected chi connectivity index (χ0v) is 9.54. The standard InChI is InChI=1S/C11H13NO5/c1-7(11(13)14)5-8-3-4-9(12(15)16)10(6-8)17-2/h3-4,6-7H,5H2,1-2H3,(H,13,14). The van der Waals surface area contributed by atoms with E-state index < -0.39 is 16.8 Å². The van der Waals surface area contributed by atoms with Crippen molar-refractivity contribution in [2.75, 3.05) is 7.11 Å². The number of benzene rings is 1. The highest BCUT2D eigenvalue weighted by Crippen LogP contribution is 2.28. The third-order valence-corrected chi connectivity index (χ3v) is 2.40. The number of nitrogens with zero attached hydrogens (tertiary/aromatic N) is 1. The maximum atomic E-state index is 10.7. The van der Waals surface area contributed by atoms with Gasteiger partial charge in [0.25, 0.3) is 0 Å². The van der Waals surface area contributed by atoms with E-state index in [0.29, 0.717) is 12.0 Å². The van der Waals surface area contributed by atoms with Crippen LogP contribution in [0.4, 0.5) is 5.69 Å². The molecule has 6 heteroatoms. The number of hydrogen-bond donors (Lipinski definition) is 1. The summed E-state index contributed by atoms with van der Waals surface area (Å²) in [4.78, 5) is 20.8. The van der Waals surface area contributed by atoms with Gasteiger partial charge in [0, 0.05) is 6.07 Å². The van der Waals surface area contributed by atoms with E-state index in [0.717, 1.165) is 0 Å². The predicted molar refractivity (Wildman–Crippen MR) is 60.2 cm³/mol. The van der Waals surface area contributed by atoms with E-state index in [2.05, 4.69) is 0 Å². The van der Waals surface area contributed by atoms with Gasteiger partial charge < -0.3 is 9.84 Å². The Hall–Kier alpha value is -2.11. The lowest BCUT2D eigenvalue weighted by Gasteiger charge is -2.08. The Labute approximate surface area is 98.0 Å². The first-order valence-corrected chi connectivity index (χ1v) is 4.99. The van der Waals surface area contributed by atoms with Crippen molar-refractivity contribution >= 4 is 11.7 Å². The maximum absolute atomic E-state index is 10.7. The third kappa shape index (κ3) is 3.17. The fourth-order valence-corrected chi connectivity index (χ4v) is 1.44. The van der Waals surface area contributed by atoms with Gasteiger partial charge in [0.2, 0.25) is 0 Å². The van der Waals surface area contributed by atoms with E-state index in [1.54, 1.807) is 13.0 Å². The molecule has 0 aliphatic carbocycles. The van der Waals surface area contributed by atoms with Crippen LogP contribution in [0.15, 0.2) is 18.2 Å². The van der Waals surface area contributed by atoms with Crippen LogP contribution >= 0.6 is 0 Å². The van der Waals surface area contributed by atoms with E-state index in [-0.39, 0.29) is 11.4 Å². The Balaban J connectivity index is 2.97. The number of carboxylic acid groups (broad SMARTS) is 1. The first kappa shape index (κ1) is 13.0. The van der Waals surface area contributed by atoms with Crippen molar-refractivity contribution in [3.8, 4) is 5.75 Å². The van der Waals surface area contributed by atoms with Crippen molar-refractivity contribution in [3.05, 3.63) is 33.9 Å². The molecule has 0 fully saturated rings. The van der Waals surface area contributed by atoms with E-state index in [9.17, 15) is 14.9 Å². The van der Waals surface area contributed by atoms with Gasteiger partial charge >= 0.3 is 11.7 Å². The van der Waals surface area contributed by atoms with Gasteiger partial charge in [-0.25, -0.2) is 0 Å². The van der Waals surface area contributed by atoms with E-state index in [1.165, 1.54) is 19.2 Å². The summed E-state index contributed by atoms with van der Waals surface area (Å²) in [7, 11) is 1.34. The Morgan fingerprint density at radius 3 is 2.71 bits per heavy atom. The highest BCUT2D eigenvalue weighted by Gasteiger charge is 2.17. The Bertz CT molecular complexity index is 443. The Kier molecular flexibility index (Phi) is 4.03. The number of nitro benzene ring substituents is 1. The molecule has 1 aromatic rings. The number of nitro groups is 1. The molecule has 0 aromatic heterocycles. The van der Waals surface area contributed by atoms with Crippen LogP contribution in [-0.2, 0) is 11.2 Å². The third-order valence-electron chi connectivity index (χ3n) is 2.40. The molecular weight excluding hydrogens is 226 g/mol. The first-order chi connectivity index (χ1) is 7.95. The van der Waals surface area contributed by atoms with Gasteiger partial charge in [-0.2, -0.15) is 0 Å². The molecular formula is C11H13NO5. The van der Waals surface area contributed by atoms with Gasteiger partial charge in [-0.05, 0) is 18.1 Å². The molecule has 0 saturated heterocycles. The van der Waals surface area contributed by atoms with Crippen LogP contribution in [0.2, 0.25) is 0 Å². The second-order valence-corrected chi connectivity index (χ2v) is 3.71. The zero-order chi connectivity index (χ0) is 13.0. The smallest absolute Gasteiger partial charge is 0.310 e. The SMILES string of the molecule is COc1cc(CC(C)C(=O)O)ccc1[N+](=O)[O-]. The van der Waals surface area contributed by atoms with Crippen molar-refractivity contribution < 1.29 is 19.6 Å². The van der Waals surface area contributed by atoms with Crippen LogP contribution in [0.3, 0.4) is 0 Å². The molecule has 1 N–H and O–H groups in total. The van der Waals surface area contributed by atoms with Crippen LogP contribution in [0.1, 0.15) is 12.5 Å². The number of hydrogen-bond acceptors (Lipinski definition) is 4. The van der Waals surface area contributed by atoms with Crippen molar-refractivity contribution in [3.63, 3.8) is 0 Å². The van der Waals surface area contributed by atoms with Gasteiger partial charge in [-0.3, -0.25) is 14.9 Å². The molecule has 1 rings (SSSR count). The average molecular weight is 239 g/mol. The lowest BCUT2D eigenvalue weighted by Crippen LogP contribution is -2.12. The van der Waals surface area contributed by atoms with E-state index in [1.807, 2.05) is 0 Å². The number of aliphatic carboxylic acids is 1. The summed E-state index contributed by atoms with van der Waals surface area (Å²) >= 11 is 0. The van der Waals surface area contributed by atoms with Gasteiger partial charge in [-0.15, -0.1) is 0 Å². The minimum atomic E-state index is -0.901. The average Bonchev–Trinajstić information content (AvgIpc) is 2.28. The lowest BCUT2D eigenvalue weighted by molar-refractivity contribution is -0.385. The zero-order valence-electron chi connectivity index (χ0n) is 9.54. The van der Waals surface area contributed by atoms with Crippen LogP contribution in [0.25, 0.3) is 0 Å². The highest BCUT2D eigenvalue weighted by molar-refractivity contribution is 5.70. The summed E-state index contributed by atoms with van der Waals surface area (Å²) < 4.78 is 4.90. The van der Waals surface area contributed by atoms with Crippen LogP contribution < -0.4 is 4.74 Å². The van der Waals surface area contributed by atoms with Crippen molar-refractivity contribution in [2.45, 2.75) is 13.3 Å². The maximum Gasteiger partial charge on any atom is 0.310 e. The Morgan fingerprint density at radius 1 is 1.59 bits per heavy atom. The molecule has 6 nitrogen and oxygen atoms in total. The van der Waals surface area contributed by atoms with Gasteiger partial charge in [0.15, 0.2) is 5.75 Å². The number of rotatable bonds is 5. The molecule has 1 atom stereocenters. The molecule has 0 saturated carbocycles. The van der Waals surface area contributed by atoms with Crippen LogP contribution in [0, 0.1) is 16.0 Å². The minimum absolute atomic E-state index is 0.126. The van der Waals surface area contributed by atoms with Gasteiger partial charge in [0.1, 0.15) is 0 Å². The molecule has 0 radical (unpaired) electrons. The lowest BCUT2D eigenvalue weighted by atomic mass is 10.0. The van der Waals surface area contributed by atoms with E-state index in [4.69, 9.17) is 9.84 Å². The summed E-state index contributed by atoms with van der Waals surface area (Å²) in [5.41, 5.74) is 0.571. The number of methoxy groups -OCH3 is 1. The summed E-state index contributed by atoms with van der Waals surface area (Å²) in [5.74, 6) is -1.30. The minimum Gasteiger partial charge on any atom is -0.490 e. The first-order valence-electron chi connectivity index (χ1n) is 4.99. The van der Waals surface area contributed by atoms with Crippen molar-refractivity contribution in [1.29, 1.82) is 0 Å². The fourth-order valence-electron chi connectivity index (χ4n) is 1.44. The molecule has 0 heterocycles. The molecule has 0 aliphatic heterocycles. The van der Waals surface area contributed by atoms with Crippen LogP contribution in [0.5, 0.6) is 5.75 Å².